The van der Waals surface area contributed by atoms with E-state index in [1.54, 1.807) is 0 Å². The Bertz CT molecular complexity index is 651. The van der Waals surface area contributed by atoms with Crippen LogP contribution < -0.4 is 10.6 Å². The highest BCUT2D eigenvalue weighted by Gasteiger charge is 2.24. The number of nitrogens with one attached hydrogen (secondary N) is 2. The molecule has 1 amide bonds. The minimum Gasteiger partial charge on any atom is -0.353 e. The van der Waals surface area contributed by atoms with Gasteiger partial charge in [0.1, 0.15) is 11.9 Å². The lowest BCUT2D eigenvalue weighted by Gasteiger charge is -2.20. The lowest BCUT2D eigenvalue weighted by Crippen LogP contribution is -2.47. The van der Waals surface area contributed by atoms with Crippen LogP contribution in [0, 0.1) is 5.82 Å². The molecule has 2 N–H and O–H groups in total. The van der Waals surface area contributed by atoms with Crippen LogP contribution in [0.3, 0.4) is 0 Å². The Morgan fingerprint density at radius 3 is 3.00 bits per heavy atom. The largest absolute Gasteiger partial charge is 0.353 e. The molecule has 104 valence electrons. The van der Waals surface area contributed by atoms with E-state index in [4.69, 9.17) is 16.1 Å². The van der Waals surface area contributed by atoms with Crippen molar-refractivity contribution in [3.8, 4) is 11.4 Å². The van der Waals surface area contributed by atoms with Crippen LogP contribution in [0.15, 0.2) is 22.7 Å². The van der Waals surface area contributed by atoms with Crippen molar-refractivity contribution in [3.63, 3.8) is 0 Å². The zero-order chi connectivity index (χ0) is 14.1. The molecule has 1 aromatic heterocycles. The summed E-state index contributed by atoms with van der Waals surface area (Å²) in [6, 6.07) is 3.71. The summed E-state index contributed by atoms with van der Waals surface area (Å²) in [6.07, 6.45) is 0. The van der Waals surface area contributed by atoms with E-state index in [9.17, 15) is 9.18 Å². The number of rotatable bonds is 2. The van der Waals surface area contributed by atoms with Crippen LogP contribution in [-0.2, 0) is 4.79 Å². The van der Waals surface area contributed by atoms with Crippen molar-refractivity contribution in [2.45, 2.75) is 6.04 Å². The topological polar surface area (TPSA) is 80.1 Å². The quantitative estimate of drug-likeness (QED) is 0.873. The summed E-state index contributed by atoms with van der Waals surface area (Å²) >= 11 is 5.94. The Morgan fingerprint density at radius 1 is 1.45 bits per heavy atom. The van der Waals surface area contributed by atoms with Crippen LogP contribution in [-0.4, -0.2) is 29.1 Å². The minimum absolute atomic E-state index is 0.0810. The van der Waals surface area contributed by atoms with E-state index in [0.717, 1.165) is 0 Å². The van der Waals surface area contributed by atoms with Crippen molar-refractivity contribution in [3.05, 3.63) is 34.9 Å². The molecule has 1 aliphatic heterocycles. The average Bonchev–Trinajstić information content (AvgIpc) is 2.89. The van der Waals surface area contributed by atoms with Crippen molar-refractivity contribution < 1.29 is 13.7 Å². The van der Waals surface area contributed by atoms with E-state index in [0.29, 0.717) is 18.0 Å². The first kappa shape index (κ1) is 13.0. The number of carbonyl (C=O) groups excluding carboxylic acids is 1. The fourth-order valence-corrected chi connectivity index (χ4v) is 2.15. The van der Waals surface area contributed by atoms with E-state index in [2.05, 4.69) is 20.8 Å². The number of nitrogens with zero attached hydrogens (tertiary/aromatic N) is 2. The molecule has 20 heavy (non-hydrogen) atoms. The molecule has 2 aromatic rings. The molecule has 1 aromatic carbocycles. The smallest absolute Gasteiger partial charge is 0.245 e. The summed E-state index contributed by atoms with van der Waals surface area (Å²) in [5.41, 5.74) is 0.489. The SMILES string of the molecule is O=C1CNC(c2nc(-c3ccc(F)cc3Cl)no2)CN1. The number of benzene rings is 1. The second-order valence-electron chi connectivity index (χ2n) is 4.32. The Morgan fingerprint density at radius 2 is 2.30 bits per heavy atom. The summed E-state index contributed by atoms with van der Waals surface area (Å²) in [4.78, 5) is 15.3. The van der Waals surface area contributed by atoms with Crippen LogP contribution in [0.25, 0.3) is 11.4 Å². The predicted molar refractivity (Wildman–Crippen MR) is 68.5 cm³/mol. The molecular weight excluding hydrogens is 287 g/mol. The second kappa shape index (κ2) is 5.18. The minimum atomic E-state index is -0.431. The monoisotopic (exact) mass is 296 g/mol. The molecule has 0 aliphatic carbocycles. The summed E-state index contributed by atoms with van der Waals surface area (Å²) in [5, 5.41) is 9.70. The van der Waals surface area contributed by atoms with Gasteiger partial charge in [-0.2, -0.15) is 4.98 Å². The lowest BCUT2D eigenvalue weighted by atomic mass is 10.2. The van der Waals surface area contributed by atoms with Crippen molar-refractivity contribution in [2.24, 2.45) is 0 Å². The molecule has 0 radical (unpaired) electrons. The van der Waals surface area contributed by atoms with Gasteiger partial charge in [0.25, 0.3) is 0 Å². The van der Waals surface area contributed by atoms with E-state index < -0.39 is 5.82 Å². The van der Waals surface area contributed by atoms with Crippen LogP contribution in [0.2, 0.25) is 5.02 Å². The fourth-order valence-electron chi connectivity index (χ4n) is 1.90. The standard InChI is InChI=1S/C12H10ClFN4O2/c13-8-3-6(14)1-2-7(8)11-17-12(20-18-11)9-4-16-10(19)5-15-9/h1-3,9,15H,4-5H2,(H,16,19). The highest BCUT2D eigenvalue weighted by Crippen LogP contribution is 2.27. The third-order valence-electron chi connectivity index (χ3n) is 2.92. The molecule has 0 bridgehead atoms. The van der Waals surface area contributed by atoms with Gasteiger partial charge in [-0.05, 0) is 18.2 Å². The second-order valence-corrected chi connectivity index (χ2v) is 4.73. The Balaban J connectivity index is 1.84. The molecule has 3 rings (SSSR count). The van der Waals surface area contributed by atoms with Gasteiger partial charge in [0.15, 0.2) is 0 Å². The Labute approximate surface area is 118 Å². The van der Waals surface area contributed by atoms with E-state index in [-0.39, 0.29) is 29.3 Å². The molecule has 1 atom stereocenters. The zero-order valence-electron chi connectivity index (χ0n) is 10.2. The number of carbonyl (C=O) groups is 1. The van der Waals surface area contributed by atoms with Gasteiger partial charge in [-0.3, -0.25) is 10.1 Å². The van der Waals surface area contributed by atoms with Crippen molar-refractivity contribution in [1.29, 1.82) is 0 Å². The van der Waals surface area contributed by atoms with Gasteiger partial charge < -0.3 is 9.84 Å². The third kappa shape index (κ3) is 2.50. The average molecular weight is 297 g/mol. The number of halogens is 2. The maximum Gasteiger partial charge on any atom is 0.245 e. The van der Waals surface area contributed by atoms with Crippen molar-refractivity contribution in [1.82, 2.24) is 20.8 Å². The third-order valence-corrected chi connectivity index (χ3v) is 3.24. The summed E-state index contributed by atoms with van der Waals surface area (Å²) in [6.45, 7) is 0.567. The van der Waals surface area contributed by atoms with Gasteiger partial charge in [0.05, 0.1) is 11.6 Å². The summed E-state index contributed by atoms with van der Waals surface area (Å²) in [7, 11) is 0. The molecule has 2 heterocycles. The maximum atomic E-state index is 13.0. The van der Waals surface area contributed by atoms with Crippen LogP contribution in [0.1, 0.15) is 11.9 Å². The normalized spacial score (nSPS) is 18.9. The number of amides is 1. The van der Waals surface area contributed by atoms with Gasteiger partial charge in [-0.1, -0.05) is 16.8 Å². The van der Waals surface area contributed by atoms with E-state index in [1.807, 2.05) is 0 Å². The van der Waals surface area contributed by atoms with Gasteiger partial charge in [0.2, 0.25) is 17.6 Å². The van der Waals surface area contributed by atoms with Gasteiger partial charge in [-0.25, -0.2) is 4.39 Å². The first-order valence-electron chi connectivity index (χ1n) is 5.92. The fraction of sp³-hybridized carbons (Fsp3) is 0.250. The lowest BCUT2D eigenvalue weighted by molar-refractivity contribution is -0.121. The molecule has 0 saturated carbocycles. The summed E-state index contributed by atoms with van der Waals surface area (Å²) < 4.78 is 18.1. The number of aromatic nitrogens is 2. The Hall–Kier alpha value is -1.99. The predicted octanol–water partition coefficient (Wildman–Crippen LogP) is 1.29. The Kier molecular flexibility index (Phi) is 3.37. The van der Waals surface area contributed by atoms with E-state index in [1.165, 1.54) is 18.2 Å². The molecule has 0 spiro atoms. The van der Waals surface area contributed by atoms with Gasteiger partial charge >= 0.3 is 0 Å². The van der Waals surface area contributed by atoms with Crippen LogP contribution >= 0.6 is 11.6 Å². The first-order chi connectivity index (χ1) is 9.63. The molecule has 1 fully saturated rings. The van der Waals surface area contributed by atoms with Gasteiger partial charge in [-0.15, -0.1) is 0 Å². The van der Waals surface area contributed by atoms with Crippen molar-refractivity contribution in [2.75, 3.05) is 13.1 Å². The summed E-state index contributed by atoms with van der Waals surface area (Å²) in [5.74, 6) is 0.116. The molecule has 8 heteroatoms. The van der Waals surface area contributed by atoms with Crippen molar-refractivity contribution >= 4 is 17.5 Å². The molecular formula is C12H10ClFN4O2. The van der Waals surface area contributed by atoms with Crippen LogP contribution in [0.4, 0.5) is 4.39 Å². The highest BCUT2D eigenvalue weighted by atomic mass is 35.5. The zero-order valence-corrected chi connectivity index (χ0v) is 10.9. The molecule has 1 aliphatic rings. The molecule has 1 unspecified atom stereocenters. The van der Waals surface area contributed by atoms with E-state index >= 15 is 0 Å². The first-order valence-corrected chi connectivity index (χ1v) is 6.30. The van der Waals surface area contributed by atoms with Gasteiger partial charge in [0, 0.05) is 12.1 Å². The van der Waals surface area contributed by atoms with Crippen LogP contribution in [0.5, 0.6) is 0 Å². The number of hydrogen-bond acceptors (Lipinski definition) is 5. The number of piperazine rings is 1. The molecule has 1 saturated heterocycles. The highest BCUT2D eigenvalue weighted by molar-refractivity contribution is 6.33. The maximum absolute atomic E-state index is 13.0. The number of hydrogen-bond donors (Lipinski definition) is 2. The molecule has 6 nitrogen and oxygen atoms in total.